The maximum absolute atomic E-state index is 11.8. The Labute approximate surface area is 165 Å². The fourth-order valence-corrected chi connectivity index (χ4v) is 4.62. The Morgan fingerprint density at radius 2 is 1.62 bits per heavy atom. The summed E-state index contributed by atoms with van der Waals surface area (Å²) in [4.78, 5) is 11.8. The molecule has 1 unspecified atom stereocenters. The van der Waals surface area contributed by atoms with Gasteiger partial charge in [0.2, 0.25) is 0 Å². The average Bonchev–Trinajstić information content (AvgIpc) is 2.63. The lowest BCUT2D eigenvalue weighted by Gasteiger charge is -2.25. The number of hydrogen-bond donors (Lipinski definition) is 1. The van der Waals surface area contributed by atoms with Gasteiger partial charge in [0, 0.05) is 5.75 Å². The SMILES string of the molecule is CCCCC(CCCC)CCCSCC(C)(Cc1ccccc1)C(=O)O. The monoisotopic (exact) mass is 378 g/mol. The molecule has 0 aromatic heterocycles. The van der Waals surface area contributed by atoms with E-state index in [9.17, 15) is 9.90 Å². The number of aliphatic carboxylic acids is 1. The maximum atomic E-state index is 11.8. The van der Waals surface area contributed by atoms with Crippen molar-refractivity contribution in [2.24, 2.45) is 11.3 Å². The van der Waals surface area contributed by atoms with Gasteiger partial charge in [0.05, 0.1) is 5.41 Å². The summed E-state index contributed by atoms with van der Waals surface area (Å²) in [6.45, 7) is 6.43. The summed E-state index contributed by atoms with van der Waals surface area (Å²) in [5.74, 6) is 1.95. The smallest absolute Gasteiger partial charge is 0.310 e. The van der Waals surface area contributed by atoms with Gasteiger partial charge >= 0.3 is 5.97 Å². The number of hydrogen-bond acceptors (Lipinski definition) is 2. The average molecular weight is 379 g/mol. The van der Waals surface area contributed by atoms with Gasteiger partial charge in [0.15, 0.2) is 0 Å². The largest absolute Gasteiger partial charge is 0.481 e. The number of benzene rings is 1. The highest BCUT2D eigenvalue weighted by Crippen LogP contribution is 2.29. The third-order valence-corrected chi connectivity index (χ3v) is 6.63. The van der Waals surface area contributed by atoms with Crippen LogP contribution in [0.1, 0.15) is 77.7 Å². The Bertz CT molecular complexity index is 480. The predicted octanol–water partition coefficient (Wildman–Crippen LogP) is 6.83. The summed E-state index contributed by atoms with van der Waals surface area (Å²) < 4.78 is 0. The van der Waals surface area contributed by atoms with Crippen LogP contribution in [0, 0.1) is 11.3 Å². The number of thioether (sulfide) groups is 1. The zero-order valence-electron chi connectivity index (χ0n) is 17.0. The van der Waals surface area contributed by atoms with Gasteiger partial charge in [-0.2, -0.15) is 11.8 Å². The van der Waals surface area contributed by atoms with Crippen molar-refractivity contribution >= 4 is 17.7 Å². The number of unbranched alkanes of at least 4 members (excludes halogenated alkanes) is 2. The molecule has 0 heterocycles. The second-order valence-electron chi connectivity index (χ2n) is 7.87. The van der Waals surface area contributed by atoms with Crippen molar-refractivity contribution in [1.29, 1.82) is 0 Å². The minimum absolute atomic E-state index is 0.603. The number of carboxylic acids is 1. The van der Waals surface area contributed by atoms with E-state index in [1.54, 1.807) is 0 Å². The lowest BCUT2D eigenvalue weighted by molar-refractivity contribution is -0.146. The van der Waals surface area contributed by atoms with Crippen LogP contribution in [0.4, 0.5) is 0 Å². The first-order valence-corrected chi connectivity index (χ1v) is 11.5. The van der Waals surface area contributed by atoms with E-state index in [1.807, 2.05) is 49.0 Å². The summed E-state index contributed by atoms with van der Waals surface area (Å²) in [5.41, 5.74) is 0.424. The fraction of sp³-hybridized carbons (Fsp3) is 0.696. The topological polar surface area (TPSA) is 37.3 Å². The van der Waals surface area contributed by atoms with E-state index in [4.69, 9.17) is 0 Å². The van der Waals surface area contributed by atoms with E-state index in [0.717, 1.165) is 17.2 Å². The van der Waals surface area contributed by atoms with Crippen LogP contribution in [0.15, 0.2) is 30.3 Å². The molecule has 1 atom stereocenters. The Morgan fingerprint density at radius 3 is 2.15 bits per heavy atom. The first-order chi connectivity index (χ1) is 12.5. The van der Waals surface area contributed by atoms with Crippen molar-refractivity contribution in [1.82, 2.24) is 0 Å². The normalized spacial score (nSPS) is 13.7. The molecule has 0 fully saturated rings. The molecular formula is C23H38O2S. The first kappa shape index (κ1) is 23.1. The highest BCUT2D eigenvalue weighted by atomic mass is 32.2. The molecule has 0 saturated heterocycles. The van der Waals surface area contributed by atoms with E-state index < -0.39 is 11.4 Å². The van der Waals surface area contributed by atoms with Crippen molar-refractivity contribution in [3.63, 3.8) is 0 Å². The van der Waals surface area contributed by atoms with E-state index >= 15 is 0 Å². The van der Waals surface area contributed by atoms with Crippen LogP contribution in [0.2, 0.25) is 0 Å². The molecule has 0 saturated carbocycles. The van der Waals surface area contributed by atoms with Crippen LogP contribution in [0.25, 0.3) is 0 Å². The van der Waals surface area contributed by atoms with Gasteiger partial charge in [-0.1, -0.05) is 82.7 Å². The molecule has 0 spiro atoms. The molecule has 0 aliphatic rings. The molecule has 1 aromatic carbocycles. The summed E-state index contributed by atoms with van der Waals surface area (Å²) in [7, 11) is 0. The van der Waals surface area contributed by atoms with Crippen LogP contribution in [-0.2, 0) is 11.2 Å². The second-order valence-corrected chi connectivity index (χ2v) is 8.98. The van der Waals surface area contributed by atoms with Crippen molar-refractivity contribution < 1.29 is 9.90 Å². The lowest BCUT2D eigenvalue weighted by atomic mass is 9.86. The summed E-state index contributed by atoms with van der Waals surface area (Å²) in [6, 6.07) is 9.99. The lowest BCUT2D eigenvalue weighted by Crippen LogP contribution is -2.32. The van der Waals surface area contributed by atoms with E-state index in [2.05, 4.69) is 13.8 Å². The molecule has 1 rings (SSSR count). The van der Waals surface area contributed by atoms with E-state index in [1.165, 1.54) is 51.4 Å². The standard InChI is InChI=1S/C23H38O2S/c1-4-6-12-20(13-7-5-2)16-11-17-26-19-23(3,22(24)25)18-21-14-9-8-10-15-21/h8-10,14-15,20H,4-7,11-13,16-19H2,1-3H3,(H,24,25). The molecule has 3 heteroatoms. The summed E-state index contributed by atoms with van der Waals surface area (Å²) in [6.07, 6.45) is 11.1. The Balaban J connectivity index is 2.38. The number of rotatable bonds is 15. The molecule has 148 valence electrons. The third kappa shape index (κ3) is 9.12. The molecule has 1 N–H and O–H groups in total. The molecule has 0 radical (unpaired) electrons. The second kappa shape index (κ2) is 13.2. The third-order valence-electron chi connectivity index (χ3n) is 5.21. The number of carboxylic acid groups (broad SMARTS) is 1. The zero-order chi connectivity index (χ0) is 19.3. The van der Waals surface area contributed by atoms with Gasteiger partial charge in [-0.15, -0.1) is 0 Å². The van der Waals surface area contributed by atoms with Gasteiger partial charge < -0.3 is 5.11 Å². The van der Waals surface area contributed by atoms with Crippen LogP contribution >= 0.6 is 11.8 Å². The molecular weight excluding hydrogens is 340 g/mol. The first-order valence-electron chi connectivity index (χ1n) is 10.4. The maximum Gasteiger partial charge on any atom is 0.310 e. The molecule has 0 amide bonds. The van der Waals surface area contributed by atoms with Crippen molar-refractivity contribution in [3.05, 3.63) is 35.9 Å². The summed E-state index contributed by atoms with van der Waals surface area (Å²) >= 11 is 1.82. The van der Waals surface area contributed by atoms with Gasteiger partial charge in [0.1, 0.15) is 0 Å². The zero-order valence-corrected chi connectivity index (χ0v) is 17.8. The highest BCUT2D eigenvalue weighted by molar-refractivity contribution is 7.99. The van der Waals surface area contributed by atoms with Crippen LogP contribution < -0.4 is 0 Å². The Hall–Kier alpha value is -0.960. The molecule has 0 aliphatic heterocycles. The van der Waals surface area contributed by atoms with E-state index in [-0.39, 0.29) is 0 Å². The Morgan fingerprint density at radius 1 is 1.04 bits per heavy atom. The molecule has 26 heavy (non-hydrogen) atoms. The van der Waals surface area contributed by atoms with Gasteiger partial charge in [-0.25, -0.2) is 0 Å². The van der Waals surface area contributed by atoms with Crippen LogP contribution in [0.5, 0.6) is 0 Å². The highest BCUT2D eigenvalue weighted by Gasteiger charge is 2.33. The molecule has 2 nitrogen and oxygen atoms in total. The quantitative estimate of drug-likeness (QED) is 0.340. The van der Waals surface area contributed by atoms with E-state index in [0.29, 0.717) is 12.2 Å². The van der Waals surface area contributed by atoms with Crippen molar-refractivity contribution in [2.45, 2.75) is 78.6 Å². The van der Waals surface area contributed by atoms with Gasteiger partial charge in [-0.05, 0) is 43.4 Å². The fourth-order valence-electron chi connectivity index (χ4n) is 3.42. The van der Waals surface area contributed by atoms with Crippen LogP contribution in [-0.4, -0.2) is 22.6 Å². The molecule has 0 aliphatic carbocycles. The minimum atomic E-state index is -0.685. The van der Waals surface area contributed by atoms with Gasteiger partial charge in [-0.3, -0.25) is 4.79 Å². The molecule has 1 aromatic rings. The predicted molar refractivity (Wildman–Crippen MR) is 115 cm³/mol. The summed E-state index contributed by atoms with van der Waals surface area (Å²) in [5, 5.41) is 9.72. The molecule has 0 bridgehead atoms. The minimum Gasteiger partial charge on any atom is -0.481 e. The number of carbonyl (C=O) groups is 1. The van der Waals surface area contributed by atoms with Crippen LogP contribution in [0.3, 0.4) is 0 Å². The van der Waals surface area contributed by atoms with Crippen molar-refractivity contribution in [3.8, 4) is 0 Å². The Kier molecular flexibility index (Phi) is 11.8. The van der Waals surface area contributed by atoms with Gasteiger partial charge in [0.25, 0.3) is 0 Å². The van der Waals surface area contributed by atoms with Crippen molar-refractivity contribution in [2.75, 3.05) is 11.5 Å².